The molecule has 0 saturated heterocycles. The number of allylic oxidation sites excluding steroid dienone is 3. The van der Waals surface area contributed by atoms with Gasteiger partial charge in [-0.3, -0.25) is 4.98 Å². The van der Waals surface area contributed by atoms with Crippen molar-refractivity contribution < 1.29 is 9.13 Å². The largest absolute Gasteiger partial charge is 0.492 e. The van der Waals surface area contributed by atoms with Crippen molar-refractivity contribution >= 4 is 16.7 Å². The quantitative estimate of drug-likeness (QED) is 0.633. The Balaban J connectivity index is 1.63. The smallest absolute Gasteiger partial charge is 0.163 e. The lowest BCUT2D eigenvalue weighted by Crippen LogP contribution is -2.24. The monoisotopic (exact) mass is 376 g/mol. The van der Waals surface area contributed by atoms with Crippen LogP contribution in [0.4, 0.5) is 10.2 Å². The summed E-state index contributed by atoms with van der Waals surface area (Å²) < 4.78 is 20.3. The van der Waals surface area contributed by atoms with Crippen LogP contribution in [0.3, 0.4) is 0 Å². The van der Waals surface area contributed by atoms with Gasteiger partial charge in [0.05, 0.1) is 6.54 Å². The molecule has 3 aromatic rings. The standard InChI is InChI=1S/C22H21FN4O/c1-27(13-14-28-17-8-3-2-4-9-17)22-18-10-5-11-19(23)20(18)25-21(26-22)16-7-6-12-24-15-16/h3,5-12,15H,2,4,13-14H2,1H3. The first-order valence-electron chi connectivity index (χ1n) is 9.29. The Morgan fingerprint density at radius 2 is 2.07 bits per heavy atom. The van der Waals surface area contributed by atoms with E-state index in [1.807, 2.05) is 36.2 Å². The Morgan fingerprint density at radius 3 is 2.86 bits per heavy atom. The predicted octanol–water partition coefficient (Wildman–Crippen LogP) is 4.52. The molecule has 142 valence electrons. The van der Waals surface area contributed by atoms with Crippen LogP contribution in [0.1, 0.15) is 12.8 Å². The average molecular weight is 376 g/mol. The molecule has 0 bridgehead atoms. The third kappa shape index (κ3) is 3.86. The summed E-state index contributed by atoms with van der Waals surface area (Å²) in [5, 5.41) is 0.673. The van der Waals surface area contributed by atoms with E-state index < -0.39 is 0 Å². The molecule has 6 heteroatoms. The Kier molecular flexibility index (Phi) is 5.28. The summed E-state index contributed by atoms with van der Waals surface area (Å²) in [6.45, 7) is 1.12. The van der Waals surface area contributed by atoms with Crippen molar-refractivity contribution in [1.29, 1.82) is 0 Å². The Morgan fingerprint density at radius 1 is 1.14 bits per heavy atom. The van der Waals surface area contributed by atoms with E-state index in [9.17, 15) is 4.39 Å². The lowest BCUT2D eigenvalue weighted by molar-refractivity contribution is 0.230. The van der Waals surface area contributed by atoms with Gasteiger partial charge in [-0.2, -0.15) is 0 Å². The molecule has 4 rings (SSSR count). The zero-order valence-electron chi connectivity index (χ0n) is 15.7. The summed E-state index contributed by atoms with van der Waals surface area (Å²) in [6.07, 6.45) is 11.6. The minimum absolute atomic E-state index is 0.303. The van der Waals surface area contributed by atoms with Crippen LogP contribution in [-0.2, 0) is 4.74 Å². The molecule has 2 aromatic heterocycles. The lowest BCUT2D eigenvalue weighted by atomic mass is 10.2. The van der Waals surface area contributed by atoms with E-state index in [1.54, 1.807) is 18.5 Å². The lowest BCUT2D eigenvalue weighted by Gasteiger charge is -2.21. The maximum Gasteiger partial charge on any atom is 0.163 e. The number of aromatic nitrogens is 3. The predicted molar refractivity (Wildman–Crippen MR) is 108 cm³/mol. The van der Waals surface area contributed by atoms with Gasteiger partial charge in [-0.15, -0.1) is 0 Å². The maximum atomic E-state index is 14.5. The molecule has 1 aromatic carbocycles. The number of benzene rings is 1. The zero-order valence-corrected chi connectivity index (χ0v) is 15.7. The number of hydrogen-bond donors (Lipinski definition) is 0. The van der Waals surface area contributed by atoms with E-state index in [0.29, 0.717) is 35.7 Å². The number of para-hydroxylation sites is 1. The number of likely N-dealkylation sites (N-methyl/N-ethyl adjacent to an activating group) is 1. The van der Waals surface area contributed by atoms with Gasteiger partial charge in [-0.05, 0) is 49.3 Å². The molecular weight excluding hydrogens is 355 g/mol. The highest BCUT2D eigenvalue weighted by Gasteiger charge is 2.15. The summed E-state index contributed by atoms with van der Waals surface area (Å²) in [7, 11) is 1.92. The van der Waals surface area contributed by atoms with Crippen LogP contribution in [0.25, 0.3) is 22.3 Å². The molecule has 0 amide bonds. The van der Waals surface area contributed by atoms with Crippen LogP contribution in [0.2, 0.25) is 0 Å². The van der Waals surface area contributed by atoms with Crippen LogP contribution in [0, 0.1) is 5.82 Å². The van der Waals surface area contributed by atoms with Gasteiger partial charge in [0.25, 0.3) is 0 Å². The molecule has 0 N–H and O–H groups in total. The molecule has 0 atom stereocenters. The SMILES string of the molecule is CN(CCOC1=CCCC=C1)c1nc(-c2cccnc2)nc2c(F)cccc12. The minimum Gasteiger partial charge on any atom is -0.492 e. The number of halogens is 1. The topological polar surface area (TPSA) is 51.1 Å². The minimum atomic E-state index is -0.367. The van der Waals surface area contributed by atoms with E-state index in [0.717, 1.165) is 24.2 Å². The number of fused-ring (bicyclic) bond motifs is 1. The summed E-state index contributed by atoms with van der Waals surface area (Å²) in [6, 6.07) is 8.61. The van der Waals surface area contributed by atoms with Gasteiger partial charge in [0, 0.05) is 30.4 Å². The third-order valence-corrected chi connectivity index (χ3v) is 4.59. The van der Waals surface area contributed by atoms with Gasteiger partial charge < -0.3 is 9.64 Å². The average Bonchev–Trinajstić information content (AvgIpc) is 2.75. The van der Waals surface area contributed by atoms with Gasteiger partial charge in [-0.25, -0.2) is 14.4 Å². The van der Waals surface area contributed by atoms with E-state index in [4.69, 9.17) is 9.72 Å². The molecule has 0 saturated carbocycles. The van der Waals surface area contributed by atoms with Crippen LogP contribution < -0.4 is 4.90 Å². The van der Waals surface area contributed by atoms with Crippen molar-refractivity contribution in [2.75, 3.05) is 25.1 Å². The fourth-order valence-corrected chi connectivity index (χ4v) is 3.12. The molecule has 2 heterocycles. The highest BCUT2D eigenvalue weighted by Crippen LogP contribution is 2.28. The Hall–Kier alpha value is -3.28. The highest BCUT2D eigenvalue weighted by molar-refractivity contribution is 5.91. The second-order valence-corrected chi connectivity index (χ2v) is 6.60. The zero-order chi connectivity index (χ0) is 19.3. The number of hydrogen-bond acceptors (Lipinski definition) is 5. The summed E-state index contributed by atoms with van der Waals surface area (Å²) in [4.78, 5) is 15.2. The van der Waals surface area contributed by atoms with E-state index in [1.165, 1.54) is 6.07 Å². The van der Waals surface area contributed by atoms with E-state index in [-0.39, 0.29) is 5.82 Å². The second kappa shape index (κ2) is 8.17. The van der Waals surface area contributed by atoms with Crippen molar-refractivity contribution in [2.45, 2.75) is 12.8 Å². The first-order chi connectivity index (χ1) is 13.7. The second-order valence-electron chi connectivity index (χ2n) is 6.60. The number of ether oxygens (including phenoxy) is 1. The van der Waals surface area contributed by atoms with E-state index >= 15 is 0 Å². The van der Waals surface area contributed by atoms with Gasteiger partial charge in [-0.1, -0.05) is 12.1 Å². The van der Waals surface area contributed by atoms with Crippen molar-refractivity contribution in [1.82, 2.24) is 15.0 Å². The number of anilines is 1. The van der Waals surface area contributed by atoms with Gasteiger partial charge in [0.15, 0.2) is 5.82 Å². The molecular formula is C22H21FN4O. The molecule has 0 unspecified atom stereocenters. The molecule has 1 aliphatic rings. The summed E-state index contributed by atoms with van der Waals surface area (Å²) in [5.41, 5.74) is 1.05. The van der Waals surface area contributed by atoms with E-state index in [2.05, 4.69) is 22.1 Å². The van der Waals surface area contributed by atoms with Crippen molar-refractivity contribution in [3.05, 3.63) is 72.5 Å². The summed E-state index contributed by atoms with van der Waals surface area (Å²) >= 11 is 0. The third-order valence-electron chi connectivity index (χ3n) is 4.59. The molecule has 1 aliphatic carbocycles. The van der Waals surface area contributed by atoms with Gasteiger partial charge >= 0.3 is 0 Å². The molecule has 28 heavy (non-hydrogen) atoms. The Labute approximate surface area is 163 Å². The summed E-state index contributed by atoms with van der Waals surface area (Å²) in [5.74, 6) is 1.65. The van der Waals surface area contributed by atoms with Crippen molar-refractivity contribution in [3.8, 4) is 11.4 Å². The normalized spacial score (nSPS) is 13.4. The fraction of sp³-hybridized carbons (Fsp3) is 0.227. The van der Waals surface area contributed by atoms with Gasteiger partial charge in [0.2, 0.25) is 0 Å². The Bertz CT molecular complexity index is 1030. The van der Waals surface area contributed by atoms with Crippen LogP contribution >= 0.6 is 0 Å². The van der Waals surface area contributed by atoms with Crippen molar-refractivity contribution in [3.63, 3.8) is 0 Å². The van der Waals surface area contributed by atoms with Crippen LogP contribution in [-0.4, -0.2) is 35.2 Å². The number of nitrogens with zero attached hydrogens (tertiary/aromatic N) is 4. The number of rotatable bonds is 6. The number of pyridine rings is 1. The maximum absolute atomic E-state index is 14.5. The molecule has 0 spiro atoms. The van der Waals surface area contributed by atoms with Crippen LogP contribution in [0.15, 0.2) is 66.7 Å². The molecule has 0 fully saturated rings. The van der Waals surface area contributed by atoms with Gasteiger partial charge in [0.1, 0.15) is 29.5 Å². The molecule has 5 nitrogen and oxygen atoms in total. The highest BCUT2D eigenvalue weighted by atomic mass is 19.1. The first kappa shape index (κ1) is 18.1. The molecule has 0 aliphatic heterocycles. The first-order valence-corrected chi connectivity index (χ1v) is 9.29. The van der Waals surface area contributed by atoms with Crippen LogP contribution in [0.5, 0.6) is 0 Å². The fourth-order valence-electron chi connectivity index (χ4n) is 3.12. The molecule has 0 radical (unpaired) electrons. The van der Waals surface area contributed by atoms with Crippen molar-refractivity contribution in [2.24, 2.45) is 0 Å².